The van der Waals surface area contributed by atoms with Crippen LogP contribution in [-0.4, -0.2) is 35.2 Å². The zero-order chi connectivity index (χ0) is 6.27. The minimum atomic E-state index is 0.249. The van der Waals surface area contributed by atoms with E-state index in [4.69, 9.17) is 9.47 Å². The molecule has 0 aliphatic carbocycles. The van der Waals surface area contributed by atoms with Gasteiger partial charge >= 0.3 is 0 Å². The number of morpholine rings is 1. The van der Waals surface area contributed by atoms with E-state index >= 15 is 0 Å². The Morgan fingerprint density at radius 3 is 2.78 bits per heavy atom. The summed E-state index contributed by atoms with van der Waals surface area (Å²) < 4.78 is 12.8. The Labute approximate surface area is 67.8 Å². The molecule has 2 heterocycles. The Balaban J connectivity index is 1.98. The van der Waals surface area contributed by atoms with Crippen LogP contribution in [0.2, 0.25) is 0 Å². The standard InChI is InChI=1S/C5H8INO2/c6-7-1-2-8-4-3-9-5(4)7/h4-5H,1-3H2. The summed E-state index contributed by atoms with van der Waals surface area (Å²) in [5.74, 6) is 0. The van der Waals surface area contributed by atoms with Gasteiger partial charge in [-0.2, -0.15) is 0 Å². The van der Waals surface area contributed by atoms with E-state index < -0.39 is 0 Å². The summed E-state index contributed by atoms with van der Waals surface area (Å²) >= 11 is 2.28. The fourth-order valence-corrected chi connectivity index (χ4v) is 1.79. The van der Waals surface area contributed by atoms with Gasteiger partial charge in [0.2, 0.25) is 0 Å². The van der Waals surface area contributed by atoms with Crippen LogP contribution in [0.25, 0.3) is 0 Å². The second kappa shape index (κ2) is 2.34. The Morgan fingerprint density at radius 1 is 1.44 bits per heavy atom. The molecule has 9 heavy (non-hydrogen) atoms. The van der Waals surface area contributed by atoms with Crippen molar-refractivity contribution < 1.29 is 9.47 Å². The van der Waals surface area contributed by atoms with Gasteiger partial charge in [-0.1, -0.05) is 0 Å². The summed E-state index contributed by atoms with van der Waals surface area (Å²) in [7, 11) is 0. The molecular formula is C5H8INO2. The fraction of sp³-hybridized carbons (Fsp3) is 1.00. The van der Waals surface area contributed by atoms with Crippen molar-refractivity contribution >= 4 is 22.9 Å². The molecule has 0 amide bonds. The SMILES string of the molecule is IN1CCOC2COC21. The molecule has 0 spiro atoms. The third-order valence-corrected chi connectivity index (χ3v) is 2.69. The lowest BCUT2D eigenvalue weighted by Crippen LogP contribution is -2.58. The van der Waals surface area contributed by atoms with Crippen molar-refractivity contribution in [2.24, 2.45) is 0 Å². The van der Waals surface area contributed by atoms with Crippen molar-refractivity contribution in [1.29, 1.82) is 0 Å². The van der Waals surface area contributed by atoms with Gasteiger partial charge in [-0.25, -0.2) is 3.11 Å². The Bertz CT molecular complexity index is 116. The van der Waals surface area contributed by atoms with Crippen molar-refractivity contribution in [3.63, 3.8) is 0 Å². The molecule has 2 fully saturated rings. The van der Waals surface area contributed by atoms with E-state index in [1.165, 1.54) is 0 Å². The molecule has 0 saturated carbocycles. The molecule has 0 aromatic carbocycles. The normalized spacial score (nSPS) is 43.7. The maximum Gasteiger partial charge on any atom is 0.147 e. The molecule has 2 saturated heterocycles. The Kier molecular flexibility index (Phi) is 1.64. The topological polar surface area (TPSA) is 21.7 Å². The summed E-state index contributed by atoms with van der Waals surface area (Å²) in [6.45, 7) is 2.62. The fourth-order valence-electron chi connectivity index (χ4n) is 1.07. The van der Waals surface area contributed by atoms with Gasteiger partial charge in [0.25, 0.3) is 0 Å². The van der Waals surface area contributed by atoms with Crippen LogP contribution in [0.5, 0.6) is 0 Å². The molecule has 2 rings (SSSR count). The predicted octanol–water partition coefficient (Wildman–Crippen LogP) is 0.393. The van der Waals surface area contributed by atoms with Gasteiger partial charge in [0.15, 0.2) is 0 Å². The highest BCUT2D eigenvalue weighted by Crippen LogP contribution is 2.26. The lowest BCUT2D eigenvalue weighted by molar-refractivity contribution is -0.245. The average molecular weight is 241 g/mol. The van der Waals surface area contributed by atoms with Crippen molar-refractivity contribution in [3.05, 3.63) is 0 Å². The highest BCUT2D eigenvalue weighted by atomic mass is 127. The van der Waals surface area contributed by atoms with Gasteiger partial charge in [-0.05, 0) is 0 Å². The number of hydrogen-bond acceptors (Lipinski definition) is 3. The molecule has 0 N–H and O–H groups in total. The van der Waals surface area contributed by atoms with Gasteiger partial charge in [-0.3, -0.25) is 0 Å². The second-order valence-corrected chi connectivity index (χ2v) is 3.50. The first-order valence-electron chi connectivity index (χ1n) is 3.03. The van der Waals surface area contributed by atoms with Gasteiger partial charge in [0.1, 0.15) is 12.3 Å². The lowest BCUT2D eigenvalue weighted by Gasteiger charge is -2.44. The van der Waals surface area contributed by atoms with Crippen LogP contribution >= 0.6 is 22.9 Å². The van der Waals surface area contributed by atoms with Crippen molar-refractivity contribution in [2.75, 3.05) is 19.8 Å². The van der Waals surface area contributed by atoms with Gasteiger partial charge < -0.3 is 9.47 Å². The summed E-state index contributed by atoms with van der Waals surface area (Å²) in [6, 6.07) is 0. The van der Waals surface area contributed by atoms with Crippen LogP contribution in [0.3, 0.4) is 0 Å². The highest BCUT2D eigenvalue weighted by Gasteiger charge is 2.39. The highest BCUT2D eigenvalue weighted by molar-refractivity contribution is 14.1. The number of hydrogen-bond donors (Lipinski definition) is 0. The van der Waals surface area contributed by atoms with Gasteiger partial charge in [-0.15, -0.1) is 0 Å². The molecule has 2 aliphatic heterocycles. The Morgan fingerprint density at radius 2 is 2.33 bits per heavy atom. The number of halogens is 1. The molecule has 0 bridgehead atoms. The smallest absolute Gasteiger partial charge is 0.147 e. The number of ether oxygens (including phenoxy) is 2. The van der Waals surface area contributed by atoms with Gasteiger partial charge in [0, 0.05) is 29.4 Å². The monoisotopic (exact) mass is 241 g/mol. The summed E-state index contributed by atoms with van der Waals surface area (Å²) in [5, 5.41) is 0. The number of rotatable bonds is 0. The van der Waals surface area contributed by atoms with E-state index in [1.807, 2.05) is 0 Å². The molecule has 2 aliphatic rings. The van der Waals surface area contributed by atoms with Crippen molar-refractivity contribution in [2.45, 2.75) is 12.3 Å². The quantitative estimate of drug-likeness (QED) is 0.452. The zero-order valence-corrected chi connectivity index (χ0v) is 7.08. The molecule has 4 heteroatoms. The molecule has 2 atom stereocenters. The summed E-state index contributed by atoms with van der Waals surface area (Å²) in [6.07, 6.45) is 0.606. The lowest BCUT2D eigenvalue weighted by atomic mass is 10.2. The molecule has 0 aromatic heterocycles. The molecule has 0 aromatic rings. The first kappa shape index (κ1) is 6.33. The molecular weight excluding hydrogens is 233 g/mol. The first-order chi connectivity index (χ1) is 4.38. The van der Waals surface area contributed by atoms with E-state index in [0.717, 1.165) is 19.8 Å². The second-order valence-electron chi connectivity index (χ2n) is 2.26. The molecule has 0 radical (unpaired) electrons. The summed E-state index contributed by atoms with van der Waals surface area (Å²) in [5.41, 5.74) is 0. The third kappa shape index (κ3) is 0.978. The number of nitrogens with zero attached hydrogens (tertiary/aromatic N) is 1. The minimum absolute atomic E-state index is 0.249. The molecule has 3 nitrogen and oxygen atoms in total. The van der Waals surface area contributed by atoms with E-state index in [-0.39, 0.29) is 6.23 Å². The van der Waals surface area contributed by atoms with E-state index in [1.54, 1.807) is 0 Å². The average Bonchev–Trinajstić information content (AvgIpc) is 1.74. The summed E-state index contributed by atoms with van der Waals surface area (Å²) in [4.78, 5) is 0. The number of fused-ring (bicyclic) bond motifs is 1. The van der Waals surface area contributed by atoms with E-state index in [0.29, 0.717) is 6.10 Å². The zero-order valence-electron chi connectivity index (χ0n) is 4.92. The van der Waals surface area contributed by atoms with Crippen molar-refractivity contribution in [3.8, 4) is 0 Å². The van der Waals surface area contributed by atoms with Crippen molar-refractivity contribution in [1.82, 2.24) is 3.11 Å². The van der Waals surface area contributed by atoms with Gasteiger partial charge in [0.05, 0.1) is 13.2 Å². The molecule has 2 unspecified atom stereocenters. The first-order valence-corrected chi connectivity index (χ1v) is 4.00. The van der Waals surface area contributed by atoms with Crippen LogP contribution in [-0.2, 0) is 9.47 Å². The minimum Gasteiger partial charge on any atom is -0.370 e. The van der Waals surface area contributed by atoms with E-state index in [9.17, 15) is 0 Å². The van der Waals surface area contributed by atoms with E-state index in [2.05, 4.69) is 26.0 Å². The van der Waals surface area contributed by atoms with Crippen LogP contribution in [0.4, 0.5) is 0 Å². The van der Waals surface area contributed by atoms with Crippen LogP contribution in [0.1, 0.15) is 0 Å². The third-order valence-electron chi connectivity index (χ3n) is 1.66. The Hall–Kier alpha value is 0.610. The molecule has 52 valence electrons. The maximum atomic E-state index is 5.38. The maximum absolute atomic E-state index is 5.38. The predicted molar refractivity (Wildman–Crippen MR) is 40.2 cm³/mol. The van der Waals surface area contributed by atoms with Crippen LogP contribution < -0.4 is 0 Å². The van der Waals surface area contributed by atoms with Crippen LogP contribution in [0.15, 0.2) is 0 Å². The van der Waals surface area contributed by atoms with Crippen LogP contribution in [0, 0.1) is 0 Å². The largest absolute Gasteiger partial charge is 0.370 e.